The van der Waals surface area contributed by atoms with Gasteiger partial charge < -0.3 is 10.4 Å². The summed E-state index contributed by atoms with van der Waals surface area (Å²) in [6, 6.07) is 0.457. The van der Waals surface area contributed by atoms with Gasteiger partial charge in [0.25, 0.3) is 0 Å². The molecule has 0 aromatic carbocycles. The molecule has 0 bridgehead atoms. The summed E-state index contributed by atoms with van der Waals surface area (Å²) >= 11 is 3.17. The number of hydrogen-bond acceptors (Lipinski definition) is 5. The molecule has 2 N–H and O–H groups in total. The Kier molecular flexibility index (Phi) is 3.48. The van der Waals surface area contributed by atoms with Crippen LogP contribution in [0.2, 0.25) is 0 Å². The molecular formula is C9H12N2O2S2. The van der Waals surface area contributed by atoms with Gasteiger partial charge in [0.15, 0.2) is 5.13 Å². The maximum Gasteiger partial charge on any atom is 0.347 e. The highest BCUT2D eigenvalue weighted by Crippen LogP contribution is 2.23. The lowest BCUT2D eigenvalue weighted by atomic mass is 10.2. The van der Waals surface area contributed by atoms with E-state index in [9.17, 15) is 4.79 Å². The van der Waals surface area contributed by atoms with Gasteiger partial charge >= 0.3 is 5.97 Å². The molecule has 82 valence electrons. The minimum absolute atomic E-state index is 0.294. The molecule has 2 heterocycles. The molecule has 4 nitrogen and oxygen atoms in total. The van der Waals surface area contributed by atoms with Crippen LogP contribution >= 0.6 is 23.1 Å². The molecule has 6 heteroatoms. The number of aromatic carboxylic acids is 1. The van der Waals surface area contributed by atoms with E-state index in [1.54, 1.807) is 0 Å². The fraction of sp³-hybridized carbons (Fsp3) is 0.556. The molecule has 0 unspecified atom stereocenters. The molecular weight excluding hydrogens is 232 g/mol. The maximum absolute atomic E-state index is 10.6. The van der Waals surface area contributed by atoms with Gasteiger partial charge in [0.05, 0.1) is 6.20 Å². The minimum Gasteiger partial charge on any atom is -0.477 e. The molecule has 0 spiro atoms. The Hall–Kier alpha value is -0.750. The Balaban J connectivity index is 1.94. The lowest BCUT2D eigenvalue weighted by Gasteiger charge is -2.21. The fourth-order valence-corrected chi connectivity index (χ4v) is 3.29. The molecule has 1 aliphatic heterocycles. The number of nitrogens with one attached hydrogen (secondary N) is 1. The van der Waals surface area contributed by atoms with Crippen LogP contribution in [0.15, 0.2) is 6.20 Å². The zero-order valence-electron chi connectivity index (χ0n) is 8.10. The van der Waals surface area contributed by atoms with E-state index < -0.39 is 5.97 Å². The first-order valence-electron chi connectivity index (χ1n) is 4.79. The Morgan fingerprint density at radius 2 is 2.27 bits per heavy atom. The first-order valence-corrected chi connectivity index (χ1v) is 6.76. The molecule has 1 fully saturated rings. The second-order valence-corrected chi connectivity index (χ2v) is 5.62. The second-order valence-electron chi connectivity index (χ2n) is 3.37. The van der Waals surface area contributed by atoms with Crippen molar-refractivity contribution in [2.24, 2.45) is 0 Å². The maximum atomic E-state index is 10.6. The van der Waals surface area contributed by atoms with Crippen LogP contribution in [0.5, 0.6) is 0 Å². The highest BCUT2D eigenvalue weighted by atomic mass is 32.2. The quantitative estimate of drug-likeness (QED) is 0.853. The van der Waals surface area contributed by atoms with Gasteiger partial charge in [-0.2, -0.15) is 11.8 Å². The number of thiazole rings is 1. The van der Waals surface area contributed by atoms with Crippen LogP contribution in [0, 0.1) is 0 Å². The van der Waals surface area contributed by atoms with Crippen LogP contribution in [0.1, 0.15) is 22.5 Å². The summed E-state index contributed by atoms with van der Waals surface area (Å²) in [5.41, 5.74) is 0. The smallest absolute Gasteiger partial charge is 0.347 e. The summed E-state index contributed by atoms with van der Waals surface area (Å²) in [6.45, 7) is 0. The summed E-state index contributed by atoms with van der Waals surface area (Å²) in [5, 5.41) is 12.8. The summed E-state index contributed by atoms with van der Waals surface area (Å²) in [5.74, 6) is 1.45. The van der Waals surface area contributed by atoms with E-state index in [2.05, 4.69) is 10.3 Å². The number of thioether (sulfide) groups is 1. The number of rotatable bonds is 3. The Morgan fingerprint density at radius 3 is 2.87 bits per heavy atom. The van der Waals surface area contributed by atoms with Crippen molar-refractivity contribution in [3.63, 3.8) is 0 Å². The summed E-state index contributed by atoms with van der Waals surface area (Å²) in [4.78, 5) is 15.0. The number of carbonyl (C=O) groups is 1. The fourth-order valence-electron chi connectivity index (χ4n) is 1.46. The van der Waals surface area contributed by atoms with E-state index in [0.717, 1.165) is 18.0 Å². The van der Waals surface area contributed by atoms with Gasteiger partial charge in [-0.3, -0.25) is 0 Å². The van der Waals surface area contributed by atoms with Crippen molar-refractivity contribution < 1.29 is 9.90 Å². The zero-order valence-corrected chi connectivity index (χ0v) is 9.74. The van der Waals surface area contributed by atoms with E-state index >= 15 is 0 Å². The molecule has 0 radical (unpaired) electrons. The SMILES string of the molecule is O=C(O)c1cnc(NC2CCSCC2)s1. The monoisotopic (exact) mass is 244 g/mol. The van der Waals surface area contributed by atoms with Crippen LogP contribution in [-0.2, 0) is 0 Å². The largest absolute Gasteiger partial charge is 0.477 e. The van der Waals surface area contributed by atoms with Crippen molar-refractivity contribution in [2.45, 2.75) is 18.9 Å². The molecule has 0 aliphatic carbocycles. The molecule has 0 atom stereocenters. The number of carboxylic acid groups (broad SMARTS) is 1. The Morgan fingerprint density at radius 1 is 1.53 bits per heavy atom. The number of nitrogens with zero attached hydrogens (tertiary/aromatic N) is 1. The summed E-state index contributed by atoms with van der Waals surface area (Å²) in [7, 11) is 0. The van der Waals surface area contributed by atoms with E-state index in [0.29, 0.717) is 10.9 Å². The van der Waals surface area contributed by atoms with Gasteiger partial charge in [-0.15, -0.1) is 0 Å². The van der Waals surface area contributed by atoms with E-state index in [-0.39, 0.29) is 0 Å². The highest BCUT2D eigenvalue weighted by Gasteiger charge is 2.15. The summed E-state index contributed by atoms with van der Waals surface area (Å²) in [6.07, 6.45) is 3.67. The first-order chi connectivity index (χ1) is 7.25. The lowest BCUT2D eigenvalue weighted by molar-refractivity contribution is 0.0702. The van der Waals surface area contributed by atoms with Crippen LogP contribution in [-0.4, -0.2) is 33.6 Å². The Labute approximate surface area is 96.1 Å². The molecule has 1 aromatic rings. The van der Waals surface area contributed by atoms with Gasteiger partial charge in [-0.1, -0.05) is 11.3 Å². The average molecular weight is 244 g/mol. The minimum atomic E-state index is -0.903. The third kappa shape index (κ3) is 2.85. The van der Waals surface area contributed by atoms with Crippen LogP contribution in [0.25, 0.3) is 0 Å². The predicted octanol–water partition coefficient (Wildman–Crippen LogP) is 2.15. The predicted molar refractivity (Wildman–Crippen MR) is 63.0 cm³/mol. The van der Waals surface area contributed by atoms with Gasteiger partial charge in [0.2, 0.25) is 0 Å². The van der Waals surface area contributed by atoms with Crippen molar-refractivity contribution in [2.75, 3.05) is 16.8 Å². The third-order valence-corrected chi connectivity index (χ3v) is 4.23. The van der Waals surface area contributed by atoms with Crippen molar-refractivity contribution in [1.82, 2.24) is 4.98 Å². The first kappa shape index (κ1) is 10.8. The standard InChI is InChI=1S/C9H12N2O2S2/c12-8(13)7-5-10-9(15-7)11-6-1-3-14-4-2-6/h5-6H,1-4H2,(H,10,11)(H,12,13). The van der Waals surface area contributed by atoms with Gasteiger partial charge in [0.1, 0.15) is 4.88 Å². The molecule has 1 saturated heterocycles. The molecule has 15 heavy (non-hydrogen) atoms. The van der Waals surface area contributed by atoms with Crippen LogP contribution < -0.4 is 5.32 Å². The molecule has 0 amide bonds. The normalized spacial score (nSPS) is 17.6. The van der Waals surface area contributed by atoms with Crippen LogP contribution in [0.4, 0.5) is 5.13 Å². The average Bonchev–Trinajstić information content (AvgIpc) is 2.68. The number of aromatic nitrogens is 1. The van der Waals surface area contributed by atoms with Crippen molar-refractivity contribution >= 4 is 34.2 Å². The molecule has 1 aliphatic rings. The van der Waals surface area contributed by atoms with Crippen molar-refractivity contribution in [3.05, 3.63) is 11.1 Å². The zero-order chi connectivity index (χ0) is 10.7. The van der Waals surface area contributed by atoms with Crippen LogP contribution in [0.3, 0.4) is 0 Å². The van der Waals surface area contributed by atoms with E-state index in [1.807, 2.05) is 11.8 Å². The molecule has 0 saturated carbocycles. The van der Waals surface area contributed by atoms with Crippen molar-refractivity contribution in [1.29, 1.82) is 0 Å². The van der Waals surface area contributed by atoms with Gasteiger partial charge in [-0.25, -0.2) is 9.78 Å². The number of carboxylic acids is 1. The Bertz CT molecular complexity index is 348. The van der Waals surface area contributed by atoms with Gasteiger partial charge in [-0.05, 0) is 24.3 Å². The lowest BCUT2D eigenvalue weighted by Crippen LogP contribution is -2.24. The summed E-state index contributed by atoms with van der Waals surface area (Å²) < 4.78 is 0. The molecule has 2 rings (SSSR count). The van der Waals surface area contributed by atoms with Gasteiger partial charge in [0, 0.05) is 6.04 Å². The van der Waals surface area contributed by atoms with E-state index in [1.165, 1.54) is 29.0 Å². The highest BCUT2D eigenvalue weighted by molar-refractivity contribution is 7.99. The topological polar surface area (TPSA) is 62.2 Å². The third-order valence-electron chi connectivity index (χ3n) is 2.27. The number of hydrogen-bond donors (Lipinski definition) is 2. The van der Waals surface area contributed by atoms with Crippen molar-refractivity contribution in [3.8, 4) is 0 Å². The second kappa shape index (κ2) is 4.85. The molecule has 1 aromatic heterocycles. The van der Waals surface area contributed by atoms with E-state index in [4.69, 9.17) is 5.11 Å². The number of anilines is 1.